The summed E-state index contributed by atoms with van der Waals surface area (Å²) in [4.78, 5) is 61.7. The number of carbonyl (C=O) groups excluding carboxylic acids is 4. The molecule has 2 aromatic rings. The van der Waals surface area contributed by atoms with Gasteiger partial charge in [0.15, 0.2) is 0 Å². The van der Waals surface area contributed by atoms with Crippen molar-refractivity contribution >= 4 is 29.6 Å². The highest BCUT2D eigenvalue weighted by atomic mass is 16.4. The zero-order chi connectivity index (χ0) is 29.7. The molecule has 0 aromatic heterocycles. The third-order valence-corrected chi connectivity index (χ3v) is 6.31. The zero-order valence-electron chi connectivity index (χ0n) is 22.6. The van der Waals surface area contributed by atoms with Crippen LogP contribution < -0.4 is 27.0 Å². The second-order valence-electron chi connectivity index (χ2n) is 9.49. The Kier molecular flexibility index (Phi) is 12.6. The number of benzene rings is 2. The number of hydrogen-bond donors (Lipinski definition) is 7. The molecule has 8 N–H and O–H groups in total. The van der Waals surface area contributed by atoms with Crippen LogP contribution in [-0.2, 0) is 36.8 Å². The lowest BCUT2D eigenvalue weighted by Crippen LogP contribution is -2.55. The van der Waals surface area contributed by atoms with E-state index in [1.165, 1.54) is 12.1 Å². The van der Waals surface area contributed by atoms with Gasteiger partial charge in [0.1, 0.15) is 17.8 Å². The lowest BCUT2D eigenvalue weighted by molar-refractivity contribution is -0.143. The van der Waals surface area contributed by atoms with Gasteiger partial charge in [0.2, 0.25) is 23.6 Å². The van der Waals surface area contributed by atoms with E-state index in [1.807, 2.05) is 6.92 Å². The second kappa shape index (κ2) is 15.8. The predicted molar refractivity (Wildman–Crippen MR) is 147 cm³/mol. The van der Waals surface area contributed by atoms with Crippen LogP contribution in [0.15, 0.2) is 54.6 Å². The van der Waals surface area contributed by atoms with E-state index in [2.05, 4.69) is 21.3 Å². The van der Waals surface area contributed by atoms with Gasteiger partial charge in [-0.1, -0.05) is 62.7 Å². The van der Waals surface area contributed by atoms with Gasteiger partial charge >= 0.3 is 5.97 Å². The molecular weight excluding hydrogens is 518 g/mol. The standard InChI is InChI=1S/C28H37N5O7/c1-3-17(2)25(28(39)40)33-27(38)22(14-18-7-5-4-6-8-18)32-24(36)16-30-23(35)15-31-26(37)21(29)13-19-9-11-20(34)12-10-19/h4-12,17,21-22,25,34H,3,13-16,29H2,1-2H3,(H,30,35)(H,31,37)(H,32,36)(H,33,38)(H,39,40)/t17-,21-,22-,25-/m0/s1. The van der Waals surface area contributed by atoms with Crippen molar-refractivity contribution in [2.75, 3.05) is 13.1 Å². The Balaban J connectivity index is 1.89. The molecule has 0 heterocycles. The quantitative estimate of drug-likeness (QED) is 0.157. The van der Waals surface area contributed by atoms with E-state index < -0.39 is 60.8 Å². The minimum atomic E-state index is -1.18. The number of aliphatic carboxylic acids is 1. The van der Waals surface area contributed by atoms with Crippen LogP contribution in [0, 0.1) is 5.92 Å². The summed E-state index contributed by atoms with van der Waals surface area (Å²) in [7, 11) is 0. The number of nitrogens with two attached hydrogens (primary N) is 1. The molecule has 0 radical (unpaired) electrons. The maximum absolute atomic E-state index is 13.0. The Morgan fingerprint density at radius 1 is 0.800 bits per heavy atom. The number of aromatic hydroxyl groups is 1. The van der Waals surface area contributed by atoms with Crippen LogP contribution in [0.25, 0.3) is 0 Å². The summed E-state index contributed by atoms with van der Waals surface area (Å²) in [6.07, 6.45) is 0.826. The molecule has 12 nitrogen and oxygen atoms in total. The molecule has 40 heavy (non-hydrogen) atoms. The summed E-state index contributed by atoms with van der Waals surface area (Å²) in [5.74, 6) is -3.97. The Morgan fingerprint density at radius 3 is 2.00 bits per heavy atom. The van der Waals surface area contributed by atoms with Crippen molar-refractivity contribution in [3.05, 3.63) is 65.7 Å². The van der Waals surface area contributed by atoms with Crippen molar-refractivity contribution in [3.63, 3.8) is 0 Å². The van der Waals surface area contributed by atoms with E-state index in [4.69, 9.17) is 5.73 Å². The first-order chi connectivity index (χ1) is 19.0. The first-order valence-electron chi connectivity index (χ1n) is 12.9. The van der Waals surface area contributed by atoms with E-state index in [0.29, 0.717) is 6.42 Å². The van der Waals surface area contributed by atoms with Gasteiger partial charge < -0.3 is 37.2 Å². The number of nitrogens with one attached hydrogen (secondary N) is 4. The number of phenolic OH excluding ortho intramolecular Hbond substituents is 1. The average molecular weight is 556 g/mol. The van der Waals surface area contributed by atoms with E-state index >= 15 is 0 Å². The Morgan fingerprint density at radius 2 is 1.40 bits per heavy atom. The third-order valence-electron chi connectivity index (χ3n) is 6.31. The molecule has 4 amide bonds. The van der Waals surface area contributed by atoms with Crippen LogP contribution in [0.2, 0.25) is 0 Å². The molecule has 0 aliphatic heterocycles. The van der Waals surface area contributed by atoms with Gasteiger partial charge in [-0.15, -0.1) is 0 Å². The molecule has 0 saturated carbocycles. The number of carboxylic acid groups (broad SMARTS) is 1. The molecule has 4 atom stereocenters. The third kappa shape index (κ3) is 10.7. The lowest BCUT2D eigenvalue weighted by atomic mass is 9.98. The van der Waals surface area contributed by atoms with Gasteiger partial charge in [0.05, 0.1) is 19.1 Å². The predicted octanol–water partition coefficient (Wildman–Crippen LogP) is -0.163. The minimum Gasteiger partial charge on any atom is -0.508 e. The average Bonchev–Trinajstić information content (AvgIpc) is 2.94. The Hall–Kier alpha value is -4.45. The van der Waals surface area contributed by atoms with Crippen molar-refractivity contribution in [3.8, 4) is 5.75 Å². The van der Waals surface area contributed by atoms with E-state index in [0.717, 1.165) is 11.1 Å². The van der Waals surface area contributed by atoms with Crippen LogP contribution in [0.5, 0.6) is 5.75 Å². The monoisotopic (exact) mass is 555 g/mol. The van der Waals surface area contributed by atoms with E-state index in [1.54, 1.807) is 49.4 Å². The molecule has 0 aliphatic rings. The van der Waals surface area contributed by atoms with Crippen molar-refractivity contribution in [1.29, 1.82) is 0 Å². The number of phenols is 1. The Bertz CT molecular complexity index is 1160. The molecule has 2 aromatic carbocycles. The summed E-state index contributed by atoms with van der Waals surface area (Å²) < 4.78 is 0. The van der Waals surface area contributed by atoms with Gasteiger partial charge in [-0.05, 0) is 35.6 Å². The van der Waals surface area contributed by atoms with Gasteiger partial charge in [-0.25, -0.2) is 4.79 Å². The van der Waals surface area contributed by atoms with Crippen LogP contribution in [0.4, 0.5) is 0 Å². The summed E-state index contributed by atoms with van der Waals surface area (Å²) >= 11 is 0. The lowest BCUT2D eigenvalue weighted by Gasteiger charge is -2.24. The van der Waals surface area contributed by atoms with Crippen molar-refractivity contribution in [1.82, 2.24) is 21.3 Å². The summed E-state index contributed by atoms with van der Waals surface area (Å²) in [5.41, 5.74) is 7.35. The largest absolute Gasteiger partial charge is 0.508 e. The number of carbonyl (C=O) groups is 5. The highest BCUT2D eigenvalue weighted by molar-refractivity contribution is 5.93. The number of carboxylic acids is 1. The van der Waals surface area contributed by atoms with E-state index in [9.17, 15) is 34.2 Å². The molecule has 0 fully saturated rings. The smallest absolute Gasteiger partial charge is 0.326 e. The highest BCUT2D eigenvalue weighted by Gasteiger charge is 2.29. The molecule has 0 bridgehead atoms. The van der Waals surface area contributed by atoms with Crippen LogP contribution in [0.3, 0.4) is 0 Å². The van der Waals surface area contributed by atoms with Gasteiger partial charge in [-0.3, -0.25) is 19.2 Å². The van der Waals surface area contributed by atoms with Crippen molar-refractivity contribution < 1.29 is 34.2 Å². The first-order valence-corrected chi connectivity index (χ1v) is 12.9. The van der Waals surface area contributed by atoms with Crippen LogP contribution in [0.1, 0.15) is 31.4 Å². The maximum Gasteiger partial charge on any atom is 0.326 e. The molecule has 0 saturated heterocycles. The van der Waals surface area contributed by atoms with Crippen LogP contribution >= 0.6 is 0 Å². The van der Waals surface area contributed by atoms with Gasteiger partial charge in [0.25, 0.3) is 0 Å². The minimum absolute atomic E-state index is 0.0880. The normalized spacial score (nSPS) is 13.7. The van der Waals surface area contributed by atoms with Gasteiger partial charge in [0, 0.05) is 6.42 Å². The maximum atomic E-state index is 13.0. The highest BCUT2D eigenvalue weighted by Crippen LogP contribution is 2.11. The summed E-state index contributed by atoms with van der Waals surface area (Å²) in [5, 5.41) is 28.7. The fourth-order valence-electron chi connectivity index (χ4n) is 3.76. The molecule has 216 valence electrons. The topological polar surface area (TPSA) is 200 Å². The van der Waals surface area contributed by atoms with Crippen LogP contribution in [-0.4, -0.2) is 71.0 Å². The second-order valence-corrected chi connectivity index (χ2v) is 9.49. The van der Waals surface area contributed by atoms with Crippen molar-refractivity contribution in [2.45, 2.75) is 51.2 Å². The molecular formula is C28H37N5O7. The fraction of sp³-hybridized carbons (Fsp3) is 0.393. The molecule has 0 unspecified atom stereocenters. The van der Waals surface area contributed by atoms with Crippen molar-refractivity contribution in [2.24, 2.45) is 11.7 Å². The number of rotatable bonds is 15. The first kappa shape index (κ1) is 31.8. The zero-order valence-corrected chi connectivity index (χ0v) is 22.6. The molecule has 0 spiro atoms. The SMILES string of the molecule is CC[C@H](C)[C@H](NC(=O)[C@H](Cc1ccccc1)NC(=O)CNC(=O)CNC(=O)[C@@H](N)Cc1ccc(O)cc1)C(=O)O. The summed E-state index contributed by atoms with van der Waals surface area (Å²) in [6.45, 7) is 2.63. The van der Waals surface area contributed by atoms with Gasteiger partial charge in [-0.2, -0.15) is 0 Å². The number of hydrogen-bond acceptors (Lipinski definition) is 7. The molecule has 2 rings (SSSR count). The molecule has 12 heteroatoms. The molecule has 0 aliphatic carbocycles. The van der Waals surface area contributed by atoms with E-state index in [-0.39, 0.29) is 24.5 Å². The number of amides is 4. The Labute approximate surface area is 232 Å². The fourth-order valence-corrected chi connectivity index (χ4v) is 3.76. The summed E-state index contributed by atoms with van der Waals surface area (Å²) in [6, 6.07) is 12.0.